The van der Waals surface area contributed by atoms with Crippen LogP contribution in [0.3, 0.4) is 0 Å². The number of hydrogen-bond acceptors (Lipinski definition) is 2. The molecule has 2 unspecified atom stereocenters. The SMILES string of the molecule is CC(=O)CC(=O)NC1CCCCC1C. The van der Waals surface area contributed by atoms with Crippen LogP contribution in [0.5, 0.6) is 0 Å². The van der Waals surface area contributed by atoms with Gasteiger partial charge in [-0.15, -0.1) is 0 Å². The highest BCUT2D eigenvalue weighted by Crippen LogP contribution is 2.23. The summed E-state index contributed by atoms with van der Waals surface area (Å²) >= 11 is 0. The van der Waals surface area contributed by atoms with E-state index >= 15 is 0 Å². The van der Waals surface area contributed by atoms with Gasteiger partial charge in [0, 0.05) is 6.04 Å². The molecule has 1 N–H and O–H groups in total. The number of nitrogens with one attached hydrogen (secondary N) is 1. The van der Waals surface area contributed by atoms with Crippen LogP contribution in [0.4, 0.5) is 0 Å². The molecular weight excluding hydrogens is 178 g/mol. The molecule has 3 nitrogen and oxygen atoms in total. The first-order valence-corrected chi connectivity index (χ1v) is 5.38. The fourth-order valence-corrected chi connectivity index (χ4v) is 2.01. The van der Waals surface area contributed by atoms with E-state index in [1.54, 1.807) is 0 Å². The molecule has 0 heterocycles. The van der Waals surface area contributed by atoms with E-state index in [1.807, 2.05) is 0 Å². The molecule has 0 aromatic carbocycles. The molecular formula is C11H19NO2. The van der Waals surface area contributed by atoms with E-state index in [4.69, 9.17) is 0 Å². The third-order valence-electron chi connectivity index (χ3n) is 2.87. The first-order chi connectivity index (χ1) is 6.59. The second kappa shape index (κ2) is 5.13. The molecule has 0 aromatic heterocycles. The molecule has 0 aromatic rings. The van der Waals surface area contributed by atoms with E-state index in [0.717, 1.165) is 6.42 Å². The summed E-state index contributed by atoms with van der Waals surface area (Å²) in [6.07, 6.45) is 4.73. The zero-order chi connectivity index (χ0) is 10.6. The number of hydrogen-bond donors (Lipinski definition) is 1. The molecule has 1 amide bonds. The van der Waals surface area contributed by atoms with Crippen LogP contribution in [0.2, 0.25) is 0 Å². The molecule has 80 valence electrons. The first kappa shape index (κ1) is 11.2. The van der Waals surface area contributed by atoms with E-state index < -0.39 is 0 Å². The molecule has 0 aliphatic heterocycles. The largest absolute Gasteiger partial charge is 0.353 e. The minimum atomic E-state index is -0.115. The third kappa shape index (κ3) is 3.48. The van der Waals surface area contributed by atoms with Crippen LogP contribution in [-0.2, 0) is 9.59 Å². The summed E-state index contributed by atoms with van der Waals surface area (Å²) in [4.78, 5) is 22.1. The van der Waals surface area contributed by atoms with Gasteiger partial charge in [-0.05, 0) is 25.7 Å². The van der Waals surface area contributed by atoms with Crippen LogP contribution in [0, 0.1) is 5.92 Å². The van der Waals surface area contributed by atoms with Crippen LogP contribution in [-0.4, -0.2) is 17.7 Å². The number of carbonyl (C=O) groups is 2. The van der Waals surface area contributed by atoms with E-state index in [2.05, 4.69) is 12.2 Å². The molecule has 3 heteroatoms. The Kier molecular flexibility index (Phi) is 4.11. The lowest BCUT2D eigenvalue weighted by Crippen LogP contribution is -2.41. The topological polar surface area (TPSA) is 46.2 Å². The Balaban J connectivity index is 2.34. The van der Waals surface area contributed by atoms with Crippen molar-refractivity contribution in [2.75, 3.05) is 0 Å². The molecule has 0 radical (unpaired) electrons. The zero-order valence-corrected chi connectivity index (χ0v) is 9.01. The van der Waals surface area contributed by atoms with Gasteiger partial charge < -0.3 is 5.32 Å². The van der Waals surface area contributed by atoms with Crippen molar-refractivity contribution in [3.05, 3.63) is 0 Å². The normalized spacial score (nSPS) is 27.0. The predicted octanol–water partition coefficient (Wildman–Crippen LogP) is 1.66. The number of amides is 1. The van der Waals surface area contributed by atoms with Gasteiger partial charge in [0.2, 0.25) is 5.91 Å². The van der Waals surface area contributed by atoms with Crippen LogP contribution in [0.1, 0.15) is 46.0 Å². The zero-order valence-electron chi connectivity index (χ0n) is 9.01. The van der Waals surface area contributed by atoms with Crippen molar-refractivity contribution < 1.29 is 9.59 Å². The molecule has 1 saturated carbocycles. The average molecular weight is 197 g/mol. The van der Waals surface area contributed by atoms with Gasteiger partial charge in [0.25, 0.3) is 0 Å². The van der Waals surface area contributed by atoms with Crippen molar-refractivity contribution in [1.29, 1.82) is 0 Å². The van der Waals surface area contributed by atoms with Crippen molar-refractivity contribution in [3.8, 4) is 0 Å². The maximum atomic E-state index is 11.3. The van der Waals surface area contributed by atoms with Gasteiger partial charge in [-0.1, -0.05) is 19.8 Å². The van der Waals surface area contributed by atoms with Crippen LogP contribution in [0.15, 0.2) is 0 Å². The van der Waals surface area contributed by atoms with Gasteiger partial charge in [-0.25, -0.2) is 0 Å². The van der Waals surface area contributed by atoms with Gasteiger partial charge in [0.15, 0.2) is 0 Å². The van der Waals surface area contributed by atoms with Crippen molar-refractivity contribution in [3.63, 3.8) is 0 Å². The first-order valence-electron chi connectivity index (χ1n) is 5.38. The van der Waals surface area contributed by atoms with E-state index in [9.17, 15) is 9.59 Å². The summed E-state index contributed by atoms with van der Waals surface area (Å²) in [6.45, 7) is 3.61. The second-order valence-corrected chi connectivity index (χ2v) is 4.31. The molecule has 0 bridgehead atoms. The Morgan fingerprint density at radius 1 is 1.29 bits per heavy atom. The molecule has 1 aliphatic carbocycles. The third-order valence-corrected chi connectivity index (χ3v) is 2.87. The van der Waals surface area contributed by atoms with Crippen LogP contribution < -0.4 is 5.32 Å². The molecule has 1 rings (SSSR count). The number of Topliss-reactive ketones (excluding diaryl/α,β-unsaturated/α-hetero) is 1. The number of ketones is 1. The highest BCUT2D eigenvalue weighted by Gasteiger charge is 2.22. The maximum absolute atomic E-state index is 11.3. The molecule has 0 spiro atoms. The molecule has 14 heavy (non-hydrogen) atoms. The highest BCUT2D eigenvalue weighted by atomic mass is 16.2. The van der Waals surface area contributed by atoms with E-state index in [-0.39, 0.29) is 24.2 Å². The van der Waals surface area contributed by atoms with Crippen LogP contribution in [0.25, 0.3) is 0 Å². The van der Waals surface area contributed by atoms with Crippen LogP contribution >= 0.6 is 0 Å². The predicted molar refractivity (Wildman–Crippen MR) is 54.9 cm³/mol. The monoisotopic (exact) mass is 197 g/mol. The van der Waals surface area contributed by atoms with Gasteiger partial charge in [0.1, 0.15) is 5.78 Å². The van der Waals surface area contributed by atoms with Crippen molar-refractivity contribution >= 4 is 11.7 Å². The summed E-state index contributed by atoms with van der Waals surface area (Å²) in [5, 5.41) is 2.94. The fraction of sp³-hybridized carbons (Fsp3) is 0.818. The summed E-state index contributed by atoms with van der Waals surface area (Å²) in [7, 11) is 0. The maximum Gasteiger partial charge on any atom is 0.227 e. The standard InChI is InChI=1S/C11H19NO2/c1-8-5-3-4-6-10(8)12-11(14)7-9(2)13/h8,10H,3-7H2,1-2H3,(H,12,14). The van der Waals surface area contributed by atoms with Crippen molar-refractivity contribution in [2.45, 2.75) is 52.0 Å². The Bertz CT molecular complexity index is 225. The molecule has 1 aliphatic rings. The van der Waals surface area contributed by atoms with Gasteiger partial charge in [-0.2, -0.15) is 0 Å². The highest BCUT2D eigenvalue weighted by molar-refractivity contribution is 5.96. The summed E-state index contributed by atoms with van der Waals surface area (Å²) in [5.41, 5.74) is 0. The Hall–Kier alpha value is -0.860. The summed E-state index contributed by atoms with van der Waals surface area (Å²) in [5.74, 6) is 0.377. The lowest BCUT2D eigenvalue weighted by molar-refractivity contribution is -0.128. The fourth-order valence-electron chi connectivity index (χ4n) is 2.01. The summed E-state index contributed by atoms with van der Waals surface area (Å²) < 4.78 is 0. The van der Waals surface area contributed by atoms with Crippen molar-refractivity contribution in [2.24, 2.45) is 5.92 Å². The van der Waals surface area contributed by atoms with E-state index in [1.165, 1.54) is 26.2 Å². The quantitative estimate of drug-likeness (QED) is 0.699. The Morgan fingerprint density at radius 3 is 2.50 bits per heavy atom. The Morgan fingerprint density at radius 2 is 1.93 bits per heavy atom. The summed E-state index contributed by atoms with van der Waals surface area (Å²) in [6, 6.07) is 0.288. The number of rotatable bonds is 3. The van der Waals surface area contributed by atoms with Crippen molar-refractivity contribution in [1.82, 2.24) is 5.32 Å². The lowest BCUT2D eigenvalue weighted by Gasteiger charge is -2.29. The Labute approximate surface area is 85.3 Å². The minimum Gasteiger partial charge on any atom is -0.353 e. The number of carbonyl (C=O) groups excluding carboxylic acids is 2. The van der Waals surface area contributed by atoms with Gasteiger partial charge in [0.05, 0.1) is 6.42 Å². The smallest absolute Gasteiger partial charge is 0.227 e. The molecule has 0 saturated heterocycles. The van der Waals surface area contributed by atoms with Gasteiger partial charge in [-0.3, -0.25) is 9.59 Å². The second-order valence-electron chi connectivity index (χ2n) is 4.31. The average Bonchev–Trinajstić information content (AvgIpc) is 2.07. The lowest BCUT2D eigenvalue weighted by atomic mass is 9.86. The van der Waals surface area contributed by atoms with E-state index in [0.29, 0.717) is 5.92 Å². The molecule has 1 fully saturated rings. The molecule has 2 atom stereocenters. The minimum absolute atomic E-state index is 0.0310. The van der Waals surface area contributed by atoms with Gasteiger partial charge >= 0.3 is 0 Å².